The Morgan fingerprint density at radius 3 is 2.29 bits per heavy atom. The van der Waals surface area contributed by atoms with Crippen LogP contribution in [0.5, 0.6) is 0 Å². The molecule has 0 atom stereocenters. The Kier molecular flexibility index (Phi) is 5.64. The van der Waals surface area contributed by atoms with Crippen LogP contribution in [0.3, 0.4) is 0 Å². The van der Waals surface area contributed by atoms with Gasteiger partial charge < -0.3 is 4.90 Å². The number of benzene rings is 1. The van der Waals surface area contributed by atoms with Crippen molar-refractivity contribution in [3.05, 3.63) is 48.0 Å². The van der Waals surface area contributed by atoms with E-state index in [1.165, 1.54) is 0 Å². The van der Waals surface area contributed by atoms with Gasteiger partial charge in [0.15, 0.2) is 5.78 Å². The minimum absolute atomic E-state index is 0.0674. The number of Topliss-reactive ketones (excluding diaryl/α,β-unsaturated/α-hetero) is 1. The van der Waals surface area contributed by atoms with Gasteiger partial charge in [0.25, 0.3) is 0 Å². The third-order valence-electron chi connectivity index (χ3n) is 2.98. The van der Waals surface area contributed by atoms with Crippen LogP contribution in [-0.2, 0) is 0 Å². The van der Waals surface area contributed by atoms with E-state index in [1.54, 1.807) is 0 Å². The summed E-state index contributed by atoms with van der Waals surface area (Å²) in [5, 5.41) is 0. The summed E-state index contributed by atoms with van der Waals surface area (Å²) >= 11 is 0. The molecule has 0 aliphatic rings. The first kappa shape index (κ1) is 13.7. The van der Waals surface area contributed by atoms with Crippen LogP contribution >= 0.6 is 0 Å². The monoisotopic (exact) mass is 231 g/mol. The maximum absolute atomic E-state index is 12.0. The second-order valence-electron chi connectivity index (χ2n) is 4.08. The Morgan fingerprint density at radius 2 is 1.76 bits per heavy atom. The van der Waals surface area contributed by atoms with Crippen LogP contribution in [0.1, 0.15) is 30.6 Å². The van der Waals surface area contributed by atoms with E-state index in [9.17, 15) is 4.79 Å². The number of nitrogens with zero attached hydrogens (tertiary/aromatic N) is 1. The molecule has 0 aromatic heterocycles. The Labute approximate surface area is 104 Å². The van der Waals surface area contributed by atoms with Crippen molar-refractivity contribution < 1.29 is 4.79 Å². The van der Waals surface area contributed by atoms with E-state index in [2.05, 4.69) is 25.3 Å². The first-order valence-electron chi connectivity index (χ1n) is 6.18. The van der Waals surface area contributed by atoms with Crippen molar-refractivity contribution in [2.45, 2.75) is 20.3 Å². The van der Waals surface area contributed by atoms with Crippen LogP contribution in [0.15, 0.2) is 42.5 Å². The molecule has 0 saturated carbocycles. The summed E-state index contributed by atoms with van der Waals surface area (Å²) in [4.78, 5) is 14.3. The largest absolute Gasteiger partial charge is 0.304 e. The van der Waals surface area contributed by atoms with E-state index < -0.39 is 0 Å². The van der Waals surface area contributed by atoms with Crippen LogP contribution in [0.4, 0.5) is 0 Å². The van der Waals surface area contributed by atoms with Crippen LogP contribution in [-0.4, -0.2) is 30.3 Å². The van der Waals surface area contributed by atoms with Gasteiger partial charge in [-0.15, -0.1) is 0 Å². The third kappa shape index (κ3) is 4.16. The Hall–Kier alpha value is -1.41. The van der Waals surface area contributed by atoms with E-state index in [0.717, 1.165) is 31.6 Å². The van der Waals surface area contributed by atoms with Gasteiger partial charge in [-0.3, -0.25) is 4.79 Å². The summed E-state index contributed by atoms with van der Waals surface area (Å²) in [5.41, 5.74) is 1.43. The van der Waals surface area contributed by atoms with Crippen molar-refractivity contribution >= 4 is 5.78 Å². The number of carbonyl (C=O) groups excluding carboxylic acids is 1. The number of carbonyl (C=O) groups is 1. The zero-order valence-electron chi connectivity index (χ0n) is 10.8. The van der Waals surface area contributed by atoms with Crippen molar-refractivity contribution in [2.75, 3.05) is 19.6 Å². The highest BCUT2D eigenvalue weighted by atomic mass is 16.1. The van der Waals surface area contributed by atoms with Crippen molar-refractivity contribution in [1.29, 1.82) is 0 Å². The molecule has 92 valence electrons. The fraction of sp³-hybridized carbons (Fsp3) is 0.400. The standard InChI is InChI=1S/C15H21NO/c1-4-16(5-2)12-11-13(3)15(17)14-9-7-6-8-10-14/h6-10H,3-5,11-12H2,1-2H3. The summed E-state index contributed by atoms with van der Waals surface area (Å²) in [6.07, 6.45) is 0.745. The lowest BCUT2D eigenvalue weighted by molar-refractivity contribution is 0.102. The number of hydrogen-bond donors (Lipinski definition) is 0. The van der Waals surface area contributed by atoms with Gasteiger partial charge in [-0.2, -0.15) is 0 Å². The van der Waals surface area contributed by atoms with E-state index >= 15 is 0 Å². The van der Waals surface area contributed by atoms with Gasteiger partial charge in [-0.05, 0) is 25.1 Å². The summed E-state index contributed by atoms with van der Waals surface area (Å²) in [6.45, 7) is 11.1. The van der Waals surface area contributed by atoms with Gasteiger partial charge in [0.05, 0.1) is 0 Å². The predicted molar refractivity (Wildman–Crippen MR) is 72.3 cm³/mol. The number of ketones is 1. The van der Waals surface area contributed by atoms with Gasteiger partial charge in [-0.25, -0.2) is 0 Å². The minimum atomic E-state index is 0.0674. The molecule has 1 aromatic carbocycles. The van der Waals surface area contributed by atoms with Crippen molar-refractivity contribution in [1.82, 2.24) is 4.90 Å². The molecule has 0 aliphatic carbocycles. The maximum atomic E-state index is 12.0. The fourth-order valence-corrected chi connectivity index (χ4v) is 1.74. The molecule has 1 aromatic rings. The SMILES string of the molecule is C=C(CCN(CC)CC)C(=O)c1ccccc1. The van der Waals surface area contributed by atoms with E-state index in [0.29, 0.717) is 5.57 Å². The van der Waals surface area contributed by atoms with Crippen molar-refractivity contribution in [3.63, 3.8) is 0 Å². The van der Waals surface area contributed by atoms with Crippen LogP contribution in [0.25, 0.3) is 0 Å². The molecule has 17 heavy (non-hydrogen) atoms. The second kappa shape index (κ2) is 7.02. The molecule has 0 spiro atoms. The molecular weight excluding hydrogens is 210 g/mol. The molecule has 0 bridgehead atoms. The average Bonchev–Trinajstić information content (AvgIpc) is 2.39. The van der Waals surface area contributed by atoms with Crippen LogP contribution in [0.2, 0.25) is 0 Å². The highest BCUT2D eigenvalue weighted by Crippen LogP contribution is 2.10. The van der Waals surface area contributed by atoms with Gasteiger partial charge >= 0.3 is 0 Å². The highest BCUT2D eigenvalue weighted by Gasteiger charge is 2.10. The molecular formula is C15H21NO. The van der Waals surface area contributed by atoms with E-state index in [4.69, 9.17) is 0 Å². The lowest BCUT2D eigenvalue weighted by atomic mass is 10.0. The van der Waals surface area contributed by atoms with E-state index in [-0.39, 0.29) is 5.78 Å². The highest BCUT2D eigenvalue weighted by molar-refractivity contribution is 6.08. The molecule has 0 saturated heterocycles. The van der Waals surface area contributed by atoms with Crippen molar-refractivity contribution in [3.8, 4) is 0 Å². The molecule has 0 radical (unpaired) electrons. The lowest BCUT2D eigenvalue weighted by Crippen LogP contribution is -2.25. The summed E-state index contributed by atoms with van der Waals surface area (Å²) in [5.74, 6) is 0.0674. The van der Waals surface area contributed by atoms with Gasteiger partial charge in [0, 0.05) is 12.1 Å². The normalized spacial score (nSPS) is 10.5. The minimum Gasteiger partial charge on any atom is -0.304 e. The number of hydrogen-bond acceptors (Lipinski definition) is 2. The molecule has 2 heteroatoms. The molecule has 0 unspecified atom stereocenters. The topological polar surface area (TPSA) is 20.3 Å². The second-order valence-corrected chi connectivity index (χ2v) is 4.08. The summed E-state index contributed by atoms with van der Waals surface area (Å²) in [6, 6.07) is 9.35. The Morgan fingerprint density at radius 1 is 1.18 bits per heavy atom. The lowest BCUT2D eigenvalue weighted by Gasteiger charge is -2.18. The Bertz CT molecular complexity index is 366. The molecule has 0 heterocycles. The van der Waals surface area contributed by atoms with Gasteiger partial charge in [-0.1, -0.05) is 50.8 Å². The maximum Gasteiger partial charge on any atom is 0.188 e. The fourth-order valence-electron chi connectivity index (χ4n) is 1.74. The van der Waals surface area contributed by atoms with E-state index in [1.807, 2.05) is 30.3 Å². The van der Waals surface area contributed by atoms with Crippen molar-refractivity contribution in [2.24, 2.45) is 0 Å². The predicted octanol–water partition coefficient (Wildman–Crippen LogP) is 3.16. The first-order chi connectivity index (χ1) is 8.19. The molecule has 1 rings (SSSR count). The zero-order valence-corrected chi connectivity index (χ0v) is 10.8. The van der Waals surface area contributed by atoms with Gasteiger partial charge in [0.1, 0.15) is 0 Å². The third-order valence-corrected chi connectivity index (χ3v) is 2.98. The quantitative estimate of drug-likeness (QED) is 0.530. The Balaban J connectivity index is 2.51. The number of rotatable bonds is 7. The van der Waals surface area contributed by atoms with Gasteiger partial charge in [0.2, 0.25) is 0 Å². The molecule has 0 N–H and O–H groups in total. The summed E-state index contributed by atoms with van der Waals surface area (Å²) in [7, 11) is 0. The summed E-state index contributed by atoms with van der Waals surface area (Å²) < 4.78 is 0. The zero-order chi connectivity index (χ0) is 12.7. The molecule has 0 aliphatic heterocycles. The first-order valence-corrected chi connectivity index (χ1v) is 6.18. The molecule has 2 nitrogen and oxygen atoms in total. The smallest absolute Gasteiger partial charge is 0.188 e. The average molecular weight is 231 g/mol. The molecule has 0 fully saturated rings. The van der Waals surface area contributed by atoms with Crippen LogP contribution in [0, 0.1) is 0 Å². The van der Waals surface area contributed by atoms with Crippen LogP contribution < -0.4 is 0 Å². The molecule has 0 amide bonds.